The first-order valence-electron chi connectivity index (χ1n) is 10.4. The molecule has 0 radical (unpaired) electrons. The fourth-order valence-corrected chi connectivity index (χ4v) is 5.76. The number of para-hydroxylation sites is 2. The first-order chi connectivity index (χ1) is 13.2. The fraction of sp³-hybridized carbons (Fsp3) is 0.714. The SMILES string of the molecule is CCO[Si](CCCCCCCCOc1ccccc1OC)(OCC)OCC. The van der Waals surface area contributed by atoms with Gasteiger partial charge in [-0.1, -0.05) is 37.8 Å². The van der Waals surface area contributed by atoms with Crippen LogP contribution in [-0.4, -0.2) is 42.3 Å². The van der Waals surface area contributed by atoms with Crippen LogP contribution >= 0.6 is 0 Å². The number of rotatable bonds is 17. The van der Waals surface area contributed by atoms with Crippen LogP contribution in [-0.2, 0) is 13.3 Å². The number of hydrogen-bond acceptors (Lipinski definition) is 5. The minimum atomic E-state index is -2.46. The van der Waals surface area contributed by atoms with Crippen molar-refractivity contribution in [1.29, 1.82) is 0 Å². The Kier molecular flexibility index (Phi) is 13.2. The third kappa shape index (κ3) is 9.60. The second-order valence-electron chi connectivity index (χ2n) is 6.35. The third-order valence-electron chi connectivity index (χ3n) is 4.30. The Labute approximate surface area is 166 Å². The van der Waals surface area contributed by atoms with Crippen LogP contribution in [0.1, 0.15) is 59.3 Å². The molecule has 0 saturated heterocycles. The van der Waals surface area contributed by atoms with Crippen LogP contribution < -0.4 is 9.47 Å². The Morgan fingerprint density at radius 3 is 1.78 bits per heavy atom. The average Bonchev–Trinajstić information content (AvgIpc) is 2.67. The first kappa shape index (κ1) is 24.0. The Morgan fingerprint density at radius 1 is 0.704 bits per heavy atom. The van der Waals surface area contributed by atoms with Gasteiger partial charge in [-0.05, 0) is 45.7 Å². The summed E-state index contributed by atoms with van der Waals surface area (Å²) in [5.74, 6) is 1.62. The van der Waals surface area contributed by atoms with Crippen molar-refractivity contribution in [2.75, 3.05) is 33.5 Å². The van der Waals surface area contributed by atoms with Crippen molar-refractivity contribution in [1.82, 2.24) is 0 Å². The second kappa shape index (κ2) is 14.9. The molecular weight excluding hydrogens is 360 g/mol. The van der Waals surface area contributed by atoms with Gasteiger partial charge in [0.25, 0.3) is 0 Å². The average molecular weight is 399 g/mol. The van der Waals surface area contributed by atoms with E-state index in [1.807, 2.05) is 45.0 Å². The van der Waals surface area contributed by atoms with Crippen molar-refractivity contribution >= 4 is 8.80 Å². The molecule has 0 atom stereocenters. The summed E-state index contributed by atoms with van der Waals surface area (Å²) in [5.41, 5.74) is 0. The molecule has 0 fully saturated rings. The molecule has 0 unspecified atom stereocenters. The van der Waals surface area contributed by atoms with E-state index in [2.05, 4.69) is 0 Å². The van der Waals surface area contributed by atoms with Gasteiger partial charge in [0.1, 0.15) is 0 Å². The summed E-state index contributed by atoms with van der Waals surface area (Å²) in [4.78, 5) is 0. The molecule has 0 spiro atoms. The lowest BCUT2D eigenvalue weighted by Crippen LogP contribution is -2.45. The van der Waals surface area contributed by atoms with Gasteiger partial charge in [-0.15, -0.1) is 0 Å². The van der Waals surface area contributed by atoms with Crippen LogP contribution in [0.25, 0.3) is 0 Å². The van der Waals surface area contributed by atoms with Crippen molar-refractivity contribution in [3.05, 3.63) is 24.3 Å². The zero-order valence-corrected chi connectivity index (χ0v) is 18.6. The lowest BCUT2D eigenvalue weighted by atomic mass is 10.1. The molecule has 27 heavy (non-hydrogen) atoms. The highest BCUT2D eigenvalue weighted by Crippen LogP contribution is 2.26. The molecule has 1 aromatic rings. The summed E-state index contributed by atoms with van der Waals surface area (Å²) >= 11 is 0. The predicted molar refractivity (Wildman–Crippen MR) is 112 cm³/mol. The molecule has 156 valence electrons. The normalized spacial score (nSPS) is 11.6. The molecule has 0 aliphatic rings. The molecule has 1 aromatic carbocycles. The maximum Gasteiger partial charge on any atom is 0.500 e. The highest BCUT2D eigenvalue weighted by Gasteiger charge is 2.39. The van der Waals surface area contributed by atoms with Gasteiger partial charge >= 0.3 is 8.80 Å². The Balaban J connectivity index is 2.13. The standard InChI is InChI=1S/C21H38O5Si/c1-5-24-27(25-6-2,26-7-3)19-15-11-9-8-10-14-18-23-21-17-13-12-16-20(21)22-4/h12-13,16-17H,5-11,14-15,18-19H2,1-4H3. The van der Waals surface area contributed by atoms with Crippen LogP contribution in [0.15, 0.2) is 24.3 Å². The van der Waals surface area contributed by atoms with Crippen molar-refractivity contribution in [2.45, 2.75) is 65.3 Å². The van der Waals surface area contributed by atoms with Gasteiger partial charge in [0.2, 0.25) is 0 Å². The molecule has 0 aromatic heterocycles. The van der Waals surface area contributed by atoms with Crippen LogP contribution in [0, 0.1) is 0 Å². The van der Waals surface area contributed by atoms with Crippen LogP contribution in [0.5, 0.6) is 11.5 Å². The second-order valence-corrected chi connectivity index (χ2v) is 9.08. The zero-order chi connectivity index (χ0) is 19.8. The van der Waals surface area contributed by atoms with Gasteiger partial charge in [0.15, 0.2) is 11.5 Å². The number of ether oxygens (including phenoxy) is 2. The lowest BCUT2D eigenvalue weighted by Gasteiger charge is -2.28. The molecule has 1 rings (SSSR count). The highest BCUT2D eigenvalue weighted by molar-refractivity contribution is 6.60. The van der Waals surface area contributed by atoms with E-state index in [0.717, 1.165) is 37.0 Å². The van der Waals surface area contributed by atoms with Crippen LogP contribution in [0.4, 0.5) is 0 Å². The smallest absolute Gasteiger partial charge is 0.493 e. The number of unbranched alkanes of at least 4 members (excludes halogenated alkanes) is 5. The lowest BCUT2D eigenvalue weighted by molar-refractivity contribution is 0.0706. The quantitative estimate of drug-likeness (QED) is 0.257. The highest BCUT2D eigenvalue weighted by atomic mass is 28.4. The van der Waals surface area contributed by atoms with E-state index in [9.17, 15) is 0 Å². The molecule has 5 nitrogen and oxygen atoms in total. The van der Waals surface area contributed by atoms with Crippen LogP contribution in [0.2, 0.25) is 6.04 Å². The summed E-state index contributed by atoms with van der Waals surface area (Å²) < 4.78 is 28.8. The molecule has 0 aliphatic carbocycles. The van der Waals surface area contributed by atoms with E-state index < -0.39 is 8.80 Å². The van der Waals surface area contributed by atoms with Gasteiger partial charge in [0, 0.05) is 25.9 Å². The Morgan fingerprint density at radius 2 is 1.22 bits per heavy atom. The predicted octanol–water partition coefficient (Wildman–Crippen LogP) is 5.46. The number of benzene rings is 1. The summed E-state index contributed by atoms with van der Waals surface area (Å²) in [6, 6.07) is 8.70. The van der Waals surface area contributed by atoms with E-state index in [4.69, 9.17) is 22.8 Å². The molecule has 0 N–H and O–H groups in total. The molecule has 0 bridgehead atoms. The van der Waals surface area contributed by atoms with Crippen molar-refractivity contribution in [3.8, 4) is 11.5 Å². The summed E-state index contributed by atoms with van der Waals surface area (Å²) in [6.45, 7) is 8.71. The van der Waals surface area contributed by atoms with Gasteiger partial charge in [-0.25, -0.2) is 0 Å². The van der Waals surface area contributed by atoms with Gasteiger partial charge in [-0.3, -0.25) is 0 Å². The van der Waals surface area contributed by atoms with E-state index in [1.54, 1.807) is 7.11 Å². The Bertz CT molecular complexity index is 466. The first-order valence-corrected chi connectivity index (χ1v) is 12.3. The van der Waals surface area contributed by atoms with Crippen molar-refractivity contribution in [3.63, 3.8) is 0 Å². The fourth-order valence-electron chi connectivity index (χ4n) is 3.07. The Hall–Kier alpha value is -1.08. The van der Waals surface area contributed by atoms with Crippen molar-refractivity contribution < 1.29 is 22.8 Å². The zero-order valence-electron chi connectivity index (χ0n) is 17.6. The molecule has 0 amide bonds. The van der Waals surface area contributed by atoms with Crippen molar-refractivity contribution in [2.24, 2.45) is 0 Å². The molecule has 0 saturated carbocycles. The number of methoxy groups -OCH3 is 1. The summed E-state index contributed by atoms with van der Waals surface area (Å²) in [5, 5.41) is 0. The maximum absolute atomic E-state index is 5.90. The van der Waals surface area contributed by atoms with E-state index in [0.29, 0.717) is 19.8 Å². The monoisotopic (exact) mass is 398 g/mol. The minimum Gasteiger partial charge on any atom is -0.493 e. The third-order valence-corrected chi connectivity index (χ3v) is 7.45. The van der Waals surface area contributed by atoms with Gasteiger partial charge < -0.3 is 22.8 Å². The molecular formula is C21H38O5Si. The summed E-state index contributed by atoms with van der Waals surface area (Å²) in [7, 11) is -0.786. The van der Waals surface area contributed by atoms with Gasteiger partial charge in [0.05, 0.1) is 13.7 Å². The molecule has 6 heteroatoms. The van der Waals surface area contributed by atoms with E-state index in [1.165, 1.54) is 25.7 Å². The largest absolute Gasteiger partial charge is 0.500 e. The maximum atomic E-state index is 5.90. The molecule has 0 heterocycles. The topological polar surface area (TPSA) is 46.2 Å². The number of hydrogen-bond donors (Lipinski definition) is 0. The van der Waals surface area contributed by atoms with E-state index in [-0.39, 0.29) is 0 Å². The summed E-state index contributed by atoms with van der Waals surface area (Å²) in [6.07, 6.45) is 6.98. The van der Waals surface area contributed by atoms with Gasteiger partial charge in [-0.2, -0.15) is 0 Å². The van der Waals surface area contributed by atoms with Crippen LogP contribution in [0.3, 0.4) is 0 Å². The molecule has 0 aliphatic heterocycles. The van der Waals surface area contributed by atoms with E-state index >= 15 is 0 Å². The minimum absolute atomic E-state index is 0.651.